The number of hydrogen-bond acceptors (Lipinski definition) is 13. The summed E-state index contributed by atoms with van der Waals surface area (Å²) >= 11 is 14.0. The van der Waals surface area contributed by atoms with Crippen LogP contribution < -0.4 is 31.9 Å². The van der Waals surface area contributed by atoms with Crippen LogP contribution in [0, 0.1) is 0 Å². The zero-order valence-corrected chi connectivity index (χ0v) is 53.8. The maximum atomic E-state index is 11.7. The third kappa shape index (κ3) is 30.6. The molecular formula is C59H101Cl2F3N8O8S. The highest BCUT2D eigenvalue weighted by molar-refractivity contribution is 7.78. The molecule has 0 radical (unpaired) electrons. The van der Waals surface area contributed by atoms with Gasteiger partial charge in [0.05, 0.1) is 23.0 Å². The van der Waals surface area contributed by atoms with Crippen molar-refractivity contribution in [2.75, 3.05) is 72.1 Å². The third-order valence-electron chi connectivity index (χ3n) is 13.9. The number of carbonyl (C=O) groups is 4. The fourth-order valence-electron chi connectivity index (χ4n) is 9.09. The van der Waals surface area contributed by atoms with E-state index in [0.717, 1.165) is 24.6 Å². The summed E-state index contributed by atoms with van der Waals surface area (Å²) in [7, 11) is 0. The number of carboxylic acid groups (broad SMARTS) is 2. The van der Waals surface area contributed by atoms with Crippen LogP contribution in [0.1, 0.15) is 180 Å². The van der Waals surface area contributed by atoms with Gasteiger partial charge in [0.15, 0.2) is 0 Å². The normalized spacial score (nSPS) is 17.2. The number of isothiocyanates is 1. The number of fused-ring (bicyclic) bond motifs is 2. The predicted molar refractivity (Wildman–Crippen MR) is 332 cm³/mol. The van der Waals surface area contributed by atoms with Gasteiger partial charge in [0.1, 0.15) is 5.60 Å². The lowest BCUT2D eigenvalue weighted by molar-refractivity contribution is -0.192. The van der Waals surface area contributed by atoms with Crippen molar-refractivity contribution in [3.63, 3.8) is 0 Å². The number of nitrogen functional groups attached to an aromatic ring is 1. The zero-order chi connectivity index (χ0) is 62.9. The summed E-state index contributed by atoms with van der Waals surface area (Å²) in [6.07, 6.45) is 3.62. The van der Waals surface area contributed by atoms with E-state index in [1.807, 2.05) is 12.1 Å². The zero-order valence-electron chi connectivity index (χ0n) is 51.5. The van der Waals surface area contributed by atoms with Gasteiger partial charge < -0.3 is 56.5 Å². The molecule has 16 nitrogen and oxygen atoms in total. The highest BCUT2D eigenvalue weighted by Gasteiger charge is 2.44. The lowest BCUT2D eigenvalue weighted by Crippen LogP contribution is -2.42. The molecule has 2 aromatic rings. The first-order valence-electron chi connectivity index (χ1n) is 28.2. The van der Waals surface area contributed by atoms with Gasteiger partial charge in [0, 0.05) is 90.5 Å². The number of aliphatic carboxylic acids is 2. The first-order valence-corrected chi connectivity index (χ1v) is 29.7. The largest absolute Gasteiger partial charge is 0.490 e. The summed E-state index contributed by atoms with van der Waals surface area (Å²) in [5.41, 5.74) is 18.1. The molecule has 0 aromatic heterocycles. The minimum Gasteiger partial charge on any atom is -0.481 e. The molecule has 3 aliphatic heterocycles. The number of carboxylic acids is 2. The van der Waals surface area contributed by atoms with Gasteiger partial charge in [-0.05, 0) is 155 Å². The van der Waals surface area contributed by atoms with Gasteiger partial charge in [-0.1, -0.05) is 79.9 Å². The van der Waals surface area contributed by atoms with Gasteiger partial charge >= 0.3 is 24.2 Å². The Bertz CT molecular complexity index is 2170. The van der Waals surface area contributed by atoms with Crippen LogP contribution >= 0.6 is 35.4 Å². The number of carbonyl (C=O) groups excluding carboxylic acids is 2. The Hall–Kier alpha value is -4.43. The third-order valence-corrected chi connectivity index (χ3v) is 14.0. The molecule has 0 spiro atoms. The van der Waals surface area contributed by atoms with E-state index in [2.05, 4.69) is 162 Å². The number of anilines is 4. The monoisotopic (exact) mass is 1210 g/mol. The molecule has 2 aromatic carbocycles. The lowest BCUT2D eigenvalue weighted by Gasteiger charge is -2.34. The van der Waals surface area contributed by atoms with E-state index in [4.69, 9.17) is 59.2 Å². The number of nitrogens with zero attached hydrogens (tertiary/aromatic N) is 4. The van der Waals surface area contributed by atoms with Crippen LogP contribution in [0.15, 0.2) is 41.4 Å². The number of ether oxygens (including phenoxy) is 2. The molecule has 1 aliphatic carbocycles. The van der Waals surface area contributed by atoms with Crippen LogP contribution in [0.25, 0.3) is 0 Å². The van der Waals surface area contributed by atoms with Crippen LogP contribution in [0.3, 0.4) is 0 Å². The minimum absolute atomic E-state index is 0.0288. The van der Waals surface area contributed by atoms with Crippen molar-refractivity contribution in [1.82, 2.24) is 10.2 Å². The Labute approximate surface area is 499 Å². The molecule has 1 saturated carbocycles. The first kappa shape index (κ1) is 78.6. The van der Waals surface area contributed by atoms with Crippen molar-refractivity contribution in [2.45, 2.75) is 221 Å². The van der Waals surface area contributed by atoms with Crippen molar-refractivity contribution < 1.29 is 52.0 Å². The second kappa shape index (κ2) is 39.9. The molecule has 1 saturated heterocycles. The van der Waals surface area contributed by atoms with Crippen molar-refractivity contribution in [3.8, 4) is 0 Å². The van der Waals surface area contributed by atoms with Crippen molar-refractivity contribution in [3.05, 3.63) is 47.5 Å². The van der Waals surface area contributed by atoms with Gasteiger partial charge in [-0.25, -0.2) is 14.6 Å². The Morgan fingerprint density at radius 3 is 1.62 bits per heavy atom. The SMILES string of the molecule is C1CCOC1.CC(C)(C)OC(=O)NCCC(=O)O.CC(C)N1c2cc(N)ccc2C(C)(C)C1C.CC(C)N1c2cc(NC(=O)CCN)ccc2C(C)(C)C1C.CCN(CC)CC.ClCCl.O=C(O)C(F)(F)F.S=C=NC1CCCCC1. The van der Waals surface area contributed by atoms with E-state index in [-0.39, 0.29) is 35.0 Å². The van der Waals surface area contributed by atoms with Gasteiger partial charge in [-0.2, -0.15) is 13.2 Å². The molecule has 4 aliphatic rings. The fraction of sp³-hybridized carbons (Fsp3) is 0.712. The van der Waals surface area contributed by atoms with E-state index in [1.54, 1.807) is 20.8 Å². The van der Waals surface area contributed by atoms with Crippen LogP contribution in [0.4, 0.5) is 40.7 Å². The summed E-state index contributed by atoms with van der Waals surface area (Å²) in [4.78, 5) is 52.9. The standard InChI is InChI=1S/C17H27N3O.C14H22N2.C8H15NO4.C7H11NS.C6H15N.C4H8O.C2HF3O2.CH2Cl2/c1-11(2)20-12(3)17(4,5)14-7-6-13(10-15(14)20)19-16(21)8-9-18;1-9(2)16-10(3)14(4,5)12-7-6-11(15)8-13(12)16;1-8(2,3)13-7(12)9-5-4-6(10)11;9-6-8-7-4-2-1-3-5-7;1-4-7(5-2)6-3;1-2-4-5-3-1;3-2(4,5)1(6)7;2-1-3/h6-7,10-12H,8-9,18H2,1-5H3,(H,19,21);6-10H,15H2,1-5H3;4-5H2,1-3H3,(H,9,12)(H,10,11);7H,1-5H2;4-6H2,1-3H3;1-4H2;(H,6,7);1H2. The van der Waals surface area contributed by atoms with Crippen LogP contribution in [0.5, 0.6) is 0 Å². The van der Waals surface area contributed by atoms with Crippen molar-refractivity contribution >= 4 is 87.3 Å². The number of hydrogen-bond donors (Lipinski definition) is 6. The molecule has 2 unspecified atom stereocenters. The van der Waals surface area contributed by atoms with Gasteiger partial charge in [-0.15, -0.1) is 23.2 Å². The van der Waals surface area contributed by atoms with Crippen LogP contribution in [-0.2, 0) is 34.7 Å². The summed E-state index contributed by atoms with van der Waals surface area (Å²) in [6.45, 7) is 40.5. The second-order valence-corrected chi connectivity index (χ2v) is 23.3. The molecule has 2 fully saturated rings. The Kier molecular flexibility index (Phi) is 38.8. The predicted octanol–water partition coefficient (Wildman–Crippen LogP) is 13.6. The maximum absolute atomic E-state index is 11.7. The quantitative estimate of drug-likeness (QED) is 0.0503. The van der Waals surface area contributed by atoms with E-state index in [1.165, 1.54) is 87.1 Å². The molecule has 2 atom stereocenters. The number of nitrogens with one attached hydrogen (secondary N) is 2. The summed E-state index contributed by atoms with van der Waals surface area (Å²) in [6, 6.07) is 14.9. The van der Waals surface area contributed by atoms with Gasteiger partial charge in [-0.3, -0.25) is 9.59 Å². The second-order valence-electron chi connectivity index (χ2n) is 22.3. The minimum atomic E-state index is -5.08. The number of alkyl carbamates (subject to hydrolysis) is 1. The number of thiocarbonyl (C=S) groups is 1. The fourth-order valence-corrected chi connectivity index (χ4v) is 9.24. The molecule has 22 heteroatoms. The number of halogens is 5. The number of amides is 2. The van der Waals surface area contributed by atoms with Crippen LogP contribution in [-0.4, -0.2) is 137 Å². The highest BCUT2D eigenvalue weighted by Crippen LogP contribution is 2.48. The summed E-state index contributed by atoms with van der Waals surface area (Å²) in [5.74, 6) is -3.73. The first-order chi connectivity index (χ1) is 37.6. The maximum Gasteiger partial charge on any atom is 0.490 e. The number of aliphatic imine (C=N–C) groups is 1. The Morgan fingerprint density at radius 1 is 0.827 bits per heavy atom. The highest BCUT2D eigenvalue weighted by atomic mass is 35.5. The van der Waals surface area contributed by atoms with Crippen molar-refractivity contribution in [2.24, 2.45) is 10.7 Å². The van der Waals surface area contributed by atoms with E-state index in [9.17, 15) is 27.6 Å². The average molecular weight is 1210 g/mol. The molecule has 8 N–H and O–H groups in total. The van der Waals surface area contributed by atoms with E-state index < -0.39 is 29.8 Å². The smallest absolute Gasteiger partial charge is 0.481 e. The molecule has 3 heterocycles. The molecule has 81 heavy (non-hydrogen) atoms. The lowest BCUT2D eigenvalue weighted by atomic mass is 9.81. The Morgan fingerprint density at radius 2 is 1.27 bits per heavy atom. The molecule has 2 amide bonds. The van der Waals surface area contributed by atoms with Gasteiger partial charge in [0.25, 0.3) is 0 Å². The number of alkyl halides is 5. The molecule has 466 valence electrons. The summed E-state index contributed by atoms with van der Waals surface area (Å²) < 4.78 is 41.6. The van der Waals surface area contributed by atoms with Crippen LogP contribution in [0.2, 0.25) is 0 Å². The topological polar surface area (TPSA) is 225 Å². The van der Waals surface area contributed by atoms with E-state index >= 15 is 0 Å². The van der Waals surface area contributed by atoms with Crippen molar-refractivity contribution in [1.29, 1.82) is 0 Å². The number of nitrogens with two attached hydrogens (primary N) is 2. The number of benzene rings is 2. The van der Waals surface area contributed by atoms with E-state index in [0.29, 0.717) is 43.2 Å². The average Bonchev–Trinajstić information content (AvgIpc) is 4.06. The number of rotatable bonds is 12. The van der Waals surface area contributed by atoms with Gasteiger partial charge in [0.2, 0.25) is 5.91 Å². The summed E-state index contributed by atoms with van der Waals surface area (Å²) in [5, 5.41) is 23.3. The molecule has 6 rings (SSSR count). The molecule has 0 bridgehead atoms. The molecular weight excluding hydrogens is 1110 g/mol. The Balaban J connectivity index is 0.